The van der Waals surface area contributed by atoms with Gasteiger partial charge >= 0.3 is 12.3 Å². The first kappa shape index (κ1) is 27.2. The van der Waals surface area contributed by atoms with E-state index in [1.807, 2.05) is 31.5 Å². The van der Waals surface area contributed by atoms with Crippen LogP contribution in [0.15, 0.2) is 29.4 Å². The first-order chi connectivity index (χ1) is 17.3. The third-order valence-electron chi connectivity index (χ3n) is 6.33. The molecule has 2 aromatic rings. The zero-order valence-electron chi connectivity index (χ0n) is 20.9. The van der Waals surface area contributed by atoms with Crippen LogP contribution in [0, 0.1) is 0 Å². The lowest BCUT2D eigenvalue weighted by Gasteiger charge is -2.17. The number of carboxylic acid groups (broad SMARTS) is 1. The summed E-state index contributed by atoms with van der Waals surface area (Å²) in [5.41, 5.74) is -1.54. The zero-order chi connectivity index (χ0) is 27.0. The van der Waals surface area contributed by atoms with Crippen molar-refractivity contribution < 1.29 is 37.3 Å². The number of halogens is 3. The van der Waals surface area contributed by atoms with Gasteiger partial charge in [-0.15, -0.1) is 11.3 Å². The van der Waals surface area contributed by atoms with E-state index in [0.717, 1.165) is 40.8 Å². The number of likely N-dealkylation sites (tertiary alicyclic amines) is 1. The fourth-order valence-electron chi connectivity index (χ4n) is 4.25. The molecule has 0 aliphatic carbocycles. The number of nitrogens with zero attached hydrogens (tertiary/aromatic N) is 3. The number of rotatable bonds is 5. The Balaban J connectivity index is 1.71. The summed E-state index contributed by atoms with van der Waals surface area (Å²) in [6, 6.07) is 2.69. The standard InChI is InChI=1S/C25H30F3N3O5S/c1-24(2,3)20-14-31(12-16-5-4-10-35-16)22(37-20)29-21(32)18-11-15(25(26,27)28)6-7-19(18)36-17-8-9-30(13-17)23(33)34/h6-7,11,14,16-17H,4-5,8-10,12-13H2,1-3H3,(H,33,34)/b29-22-/t16-,17-/m1/s1. The summed E-state index contributed by atoms with van der Waals surface area (Å²) < 4.78 is 53.9. The Morgan fingerprint density at radius 3 is 2.59 bits per heavy atom. The second-order valence-electron chi connectivity index (χ2n) is 10.3. The SMILES string of the molecule is CC(C)(C)c1cn(C[C@H]2CCCO2)/c(=N/C(=O)c2cc(C(F)(F)F)ccc2O[C@@H]2CCN(C(=O)O)C2)s1. The molecule has 0 radical (unpaired) electrons. The van der Waals surface area contributed by atoms with Crippen molar-refractivity contribution in [3.63, 3.8) is 0 Å². The van der Waals surface area contributed by atoms with Gasteiger partial charge in [0.2, 0.25) is 0 Å². The lowest BCUT2D eigenvalue weighted by molar-refractivity contribution is -0.137. The number of aromatic nitrogens is 1. The van der Waals surface area contributed by atoms with Gasteiger partial charge in [-0.3, -0.25) is 4.79 Å². The second-order valence-corrected chi connectivity index (χ2v) is 11.3. The predicted octanol–water partition coefficient (Wildman–Crippen LogP) is 4.92. The minimum absolute atomic E-state index is 0.0246. The molecular weight excluding hydrogens is 511 g/mol. The Morgan fingerprint density at radius 2 is 2.00 bits per heavy atom. The predicted molar refractivity (Wildman–Crippen MR) is 130 cm³/mol. The van der Waals surface area contributed by atoms with E-state index >= 15 is 0 Å². The van der Waals surface area contributed by atoms with Gasteiger partial charge in [0.1, 0.15) is 11.9 Å². The summed E-state index contributed by atoms with van der Waals surface area (Å²) in [4.78, 5) is 31.3. The molecule has 1 aromatic carbocycles. The van der Waals surface area contributed by atoms with Crippen molar-refractivity contribution >= 4 is 23.3 Å². The van der Waals surface area contributed by atoms with Crippen molar-refractivity contribution in [3.8, 4) is 5.75 Å². The molecule has 4 rings (SSSR count). The van der Waals surface area contributed by atoms with E-state index in [2.05, 4.69) is 4.99 Å². The summed E-state index contributed by atoms with van der Waals surface area (Å²) in [5.74, 6) is -0.921. The average Bonchev–Trinajstić information content (AvgIpc) is 3.55. The Bertz CT molecular complexity index is 1230. The Kier molecular flexibility index (Phi) is 7.70. The molecule has 2 fully saturated rings. The van der Waals surface area contributed by atoms with Gasteiger partial charge in [-0.1, -0.05) is 20.8 Å². The first-order valence-corrected chi connectivity index (χ1v) is 12.9. The highest BCUT2D eigenvalue weighted by molar-refractivity contribution is 7.09. The van der Waals surface area contributed by atoms with Crippen LogP contribution < -0.4 is 9.54 Å². The molecule has 2 amide bonds. The molecule has 0 bridgehead atoms. The van der Waals surface area contributed by atoms with Crippen molar-refractivity contribution in [1.82, 2.24) is 9.47 Å². The number of carbonyl (C=O) groups excluding carboxylic acids is 1. The maximum Gasteiger partial charge on any atom is 0.416 e. The molecule has 3 heterocycles. The number of benzene rings is 1. The van der Waals surface area contributed by atoms with E-state index in [1.54, 1.807) is 0 Å². The van der Waals surface area contributed by atoms with Gasteiger partial charge in [0, 0.05) is 30.6 Å². The number of amides is 2. The lowest BCUT2D eigenvalue weighted by Crippen LogP contribution is -2.29. The van der Waals surface area contributed by atoms with Crippen LogP contribution in [0.3, 0.4) is 0 Å². The number of hydrogen-bond donors (Lipinski definition) is 1. The van der Waals surface area contributed by atoms with E-state index in [0.29, 0.717) is 24.4 Å². The van der Waals surface area contributed by atoms with Crippen LogP contribution in [0.5, 0.6) is 5.75 Å². The van der Waals surface area contributed by atoms with Crippen LogP contribution in [0.2, 0.25) is 0 Å². The fourth-order valence-corrected chi connectivity index (χ4v) is 5.31. The molecule has 2 saturated heterocycles. The van der Waals surface area contributed by atoms with E-state index in [4.69, 9.17) is 9.47 Å². The molecular formula is C25H30F3N3O5S. The second kappa shape index (κ2) is 10.5. The molecule has 12 heteroatoms. The van der Waals surface area contributed by atoms with Crippen LogP contribution in [0.1, 0.15) is 60.8 Å². The zero-order valence-corrected chi connectivity index (χ0v) is 21.7. The highest BCUT2D eigenvalue weighted by atomic mass is 32.1. The van der Waals surface area contributed by atoms with Crippen molar-refractivity contribution in [2.24, 2.45) is 4.99 Å². The first-order valence-electron chi connectivity index (χ1n) is 12.1. The highest BCUT2D eigenvalue weighted by Gasteiger charge is 2.33. The number of thiazole rings is 1. The summed E-state index contributed by atoms with van der Waals surface area (Å²) in [7, 11) is 0. The van der Waals surface area contributed by atoms with E-state index in [-0.39, 0.29) is 35.9 Å². The molecule has 1 aromatic heterocycles. The maximum absolute atomic E-state index is 13.5. The molecule has 0 saturated carbocycles. The molecule has 37 heavy (non-hydrogen) atoms. The van der Waals surface area contributed by atoms with Crippen molar-refractivity contribution in [1.29, 1.82) is 0 Å². The summed E-state index contributed by atoms with van der Waals surface area (Å²) >= 11 is 1.31. The number of hydrogen-bond acceptors (Lipinski definition) is 5. The van der Waals surface area contributed by atoms with Gasteiger partial charge < -0.3 is 24.0 Å². The van der Waals surface area contributed by atoms with Gasteiger partial charge in [0.15, 0.2) is 4.80 Å². The minimum Gasteiger partial charge on any atom is -0.488 e. The molecule has 0 spiro atoms. The normalized spacial score (nSPS) is 21.0. The molecule has 8 nitrogen and oxygen atoms in total. The Hall–Kier alpha value is -2.86. The van der Waals surface area contributed by atoms with Crippen molar-refractivity contribution in [3.05, 3.63) is 45.2 Å². The molecule has 2 aliphatic heterocycles. The van der Waals surface area contributed by atoms with Crippen LogP contribution in [-0.2, 0) is 22.9 Å². The fraction of sp³-hybridized carbons (Fsp3) is 0.560. The van der Waals surface area contributed by atoms with E-state index in [1.165, 1.54) is 11.3 Å². The smallest absolute Gasteiger partial charge is 0.416 e. The molecule has 0 unspecified atom stereocenters. The molecule has 2 aliphatic rings. The number of ether oxygens (including phenoxy) is 2. The van der Waals surface area contributed by atoms with Gasteiger partial charge in [-0.05, 0) is 36.5 Å². The van der Waals surface area contributed by atoms with Crippen molar-refractivity contribution in [2.45, 2.75) is 70.4 Å². The van der Waals surface area contributed by atoms with E-state index < -0.39 is 29.8 Å². The van der Waals surface area contributed by atoms with Crippen LogP contribution >= 0.6 is 11.3 Å². The van der Waals surface area contributed by atoms with E-state index in [9.17, 15) is 27.9 Å². The number of carbonyl (C=O) groups is 2. The summed E-state index contributed by atoms with van der Waals surface area (Å²) in [6.07, 6.45) is -2.28. The quantitative estimate of drug-likeness (QED) is 0.580. The number of alkyl halides is 3. The third-order valence-corrected chi connectivity index (χ3v) is 7.77. The molecule has 2 atom stereocenters. The van der Waals surface area contributed by atoms with Crippen molar-refractivity contribution in [2.75, 3.05) is 19.7 Å². The summed E-state index contributed by atoms with van der Waals surface area (Å²) in [5, 5.41) is 9.18. The van der Waals surface area contributed by atoms with Gasteiger partial charge in [0.25, 0.3) is 5.91 Å². The van der Waals surface area contributed by atoms with Crippen LogP contribution in [0.25, 0.3) is 0 Å². The van der Waals surface area contributed by atoms with Crippen LogP contribution in [-0.4, -0.2) is 58.5 Å². The molecule has 1 N–H and O–H groups in total. The highest BCUT2D eigenvalue weighted by Crippen LogP contribution is 2.34. The Labute approximate surface area is 216 Å². The summed E-state index contributed by atoms with van der Waals surface area (Å²) in [6.45, 7) is 7.53. The largest absolute Gasteiger partial charge is 0.488 e. The lowest BCUT2D eigenvalue weighted by atomic mass is 9.95. The van der Waals surface area contributed by atoms with Gasteiger partial charge in [-0.25, -0.2) is 4.79 Å². The van der Waals surface area contributed by atoms with Gasteiger partial charge in [-0.2, -0.15) is 18.2 Å². The molecule has 202 valence electrons. The maximum atomic E-state index is 13.5. The topological polar surface area (TPSA) is 93.4 Å². The Morgan fingerprint density at radius 1 is 1.24 bits per heavy atom. The van der Waals surface area contributed by atoms with Crippen LogP contribution in [0.4, 0.5) is 18.0 Å². The van der Waals surface area contributed by atoms with Gasteiger partial charge in [0.05, 0.1) is 30.3 Å². The monoisotopic (exact) mass is 541 g/mol. The minimum atomic E-state index is -4.66. The average molecular weight is 542 g/mol. The third kappa shape index (κ3) is 6.53.